The average molecular weight is 284 g/mol. The number of halogens is 2. The SMILES string of the molecule is O=C1CCCN(C(=O)c2c(F)ccc([N+](=O)[O-])c2F)C1. The molecule has 2 rings (SSSR count). The molecule has 1 aliphatic heterocycles. The maximum atomic E-state index is 13.9. The minimum Gasteiger partial charge on any atom is -0.331 e. The Kier molecular flexibility index (Phi) is 3.73. The average Bonchev–Trinajstić information content (AvgIpc) is 2.38. The molecule has 0 atom stereocenters. The zero-order chi connectivity index (χ0) is 14.9. The zero-order valence-electron chi connectivity index (χ0n) is 10.3. The number of ketones is 1. The van der Waals surface area contributed by atoms with E-state index in [9.17, 15) is 28.5 Å². The summed E-state index contributed by atoms with van der Waals surface area (Å²) in [5.41, 5.74) is -1.97. The molecule has 0 radical (unpaired) electrons. The number of piperidine rings is 1. The van der Waals surface area contributed by atoms with Crippen LogP contribution in [-0.4, -0.2) is 34.6 Å². The monoisotopic (exact) mass is 284 g/mol. The minimum atomic E-state index is -1.52. The number of benzene rings is 1. The standard InChI is InChI=1S/C12H10F2N2O4/c13-8-3-4-9(16(19)20)11(14)10(8)12(18)15-5-1-2-7(17)6-15/h3-4H,1-2,5-6H2. The summed E-state index contributed by atoms with van der Waals surface area (Å²) in [4.78, 5) is 33.9. The molecule has 1 amide bonds. The van der Waals surface area contributed by atoms with Gasteiger partial charge in [0.2, 0.25) is 5.82 Å². The molecule has 0 N–H and O–H groups in total. The molecule has 0 spiro atoms. The number of amides is 1. The number of nitrogens with zero attached hydrogens (tertiary/aromatic N) is 2. The summed E-state index contributed by atoms with van der Waals surface area (Å²) >= 11 is 0. The lowest BCUT2D eigenvalue weighted by Gasteiger charge is -2.26. The van der Waals surface area contributed by atoms with Gasteiger partial charge in [0.15, 0.2) is 5.78 Å². The van der Waals surface area contributed by atoms with Crippen molar-refractivity contribution in [2.24, 2.45) is 0 Å². The van der Waals surface area contributed by atoms with Gasteiger partial charge < -0.3 is 4.90 Å². The van der Waals surface area contributed by atoms with Gasteiger partial charge in [-0.1, -0.05) is 0 Å². The van der Waals surface area contributed by atoms with Crippen molar-refractivity contribution < 1.29 is 23.3 Å². The molecule has 1 heterocycles. The maximum Gasteiger partial charge on any atom is 0.305 e. The van der Waals surface area contributed by atoms with Crippen LogP contribution in [0, 0.1) is 21.7 Å². The van der Waals surface area contributed by atoms with E-state index in [0.717, 1.165) is 4.90 Å². The van der Waals surface area contributed by atoms with Crippen LogP contribution in [0.1, 0.15) is 23.2 Å². The van der Waals surface area contributed by atoms with Gasteiger partial charge >= 0.3 is 5.69 Å². The highest BCUT2D eigenvalue weighted by Gasteiger charge is 2.31. The molecule has 8 heteroatoms. The van der Waals surface area contributed by atoms with Gasteiger partial charge in [-0.05, 0) is 12.5 Å². The van der Waals surface area contributed by atoms with E-state index in [1.807, 2.05) is 0 Å². The van der Waals surface area contributed by atoms with Gasteiger partial charge in [-0.25, -0.2) is 4.39 Å². The van der Waals surface area contributed by atoms with Gasteiger partial charge in [-0.3, -0.25) is 19.7 Å². The summed E-state index contributed by atoms with van der Waals surface area (Å²) < 4.78 is 27.5. The fourth-order valence-electron chi connectivity index (χ4n) is 2.05. The Labute approximate surface area is 112 Å². The molecule has 0 aromatic heterocycles. The normalized spacial score (nSPS) is 15.3. The lowest BCUT2D eigenvalue weighted by atomic mass is 10.1. The number of Topliss-reactive ketones (excluding diaryl/α,β-unsaturated/α-hetero) is 1. The number of carbonyl (C=O) groups is 2. The highest BCUT2D eigenvalue weighted by molar-refractivity contribution is 5.98. The zero-order valence-corrected chi connectivity index (χ0v) is 10.3. The van der Waals surface area contributed by atoms with Crippen molar-refractivity contribution >= 4 is 17.4 Å². The molecule has 20 heavy (non-hydrogen) atoms. The van der Waals surface area contributed by atoms with Gasteiger partial charge in [0.25, 0.3) is 5.91 Å². The van der Waals surface area contributed by atoms with Crippen molar-refractivity contribution in [1.29, 1.82) is 0 Å². The number of hydrogen-bond donors (Lipinski definition) is 0. The van der Waals surface area contributed by atoms with E-state index < -0.39 is 33.7 Å². The van der Waals surface area contributed by atoms with Crippen molar-refractivity contribution in [1.82, 2.24) is 4.90 Å². The van der Waals surface area contributed by atoms with Crippen LogP contribution in [0.4, 0.5) is 14.5 Å². The molecule has 1 saturated heterocycles. The molecule has 6 nitrogen and oxygen atoms in total. The Bertz CT molecular complexity index is 603. The van der Waals surface area contributed by atoms with Crippen molar-refractivity contribution in [2.45, 2.75) is 12.8 Å². The van der Waals surface area contributed by atoms with Crippen LogP contribution in [0.5, 0.6) is 0 Å². The topological polar surface area (TPSA) is 80.5 Å². The van der Waals surface area contributed by atoms with Crippen LogP contribution in [0.15, 0.2) is 12.1 Å². The Morgan fingerprint density at radius 1 is 1.35 bits per heavy atom. The first-order valence-electron chi connectivity index (χ1n) is 5.85. The third-order valence-electron chi connectivity index (χ3n) is 3.02. The highest BCUT2D eigenvalue weighted by atomic mass is 19.1. The second-order valence-electron chi connectivity index (χ2n) is 4.38. The largest absolute Gasteiger partial charge is 0.331 e. The minimum absolute atomic E-state index is 0.187. The number of rotatable bonds is 2. The first kappa shape index (κ1) is 14.0. The molecule has 1 aromatic rings. The van der Waals surface area contributed by atoms with E-state index in [4.69, 9.17) is 0 Å². The van der Waals surface area contributed by atoms with Crippen LogP contribution in [0.3, 0.4) is 0 Å². The Hall–Kier alpha value is -2.38. The second-order valence-corrected chi connectivity index (χ2v) is 4.38. The molecular formula is C12H10F2N2O4. The summed E-state index contributed by atoms with van der Waals surface area (Å²) in [6, 6.07) is 1.32. The fraction of sp³-hybridized carbons (Fsp3) is 0.333. The summed E-state index contributed by atoms with van der Waals surface area (Å²) in [7, 11) is 0. The molecule has 0 saturated carbocycles. The number of carbonyl (C=O) groups excluding carboxylic acids is 2. The van der Waals surface area contributed by atoms with Crippen molar-refractivity contribution in [3.63, 3.8) is 0 Å². The Morgan fingerprint density at radius 3 is 2.65 bits per heavy atom. The molecule has 1 aromatic carbocycles. The number of hydrogen-bond acceptors (Lipinski definition) is 4. The molecular weight excluding hydrogens is 274 g/mol. The molecule has 0 bridgehead atoms. The van der Waals surface area contributed by atoms with Crippen molar-refractivity contribution in [2.75, 3.05) is 13.1 Å². The van der Waals surface area contributed by atoms with Crippen molar-refractivity contribution in [3.05, 3.63) is 39.4 Å². The lowest BCUT2D eigenvalue weighted by Crippen LogP contribution is -2.40. The Balaban J connectivity index is 2.41. The van der Waals surface area contributed by atoms with Gasteiger partial charge in [-0.15, -0.1) is 0 Å². The van der Waals surface area contributed by atoms with Gasteiger partial charge in [0, 0.05) is 19.0 Å². The first-order valence-corrected chi connectivity index (χ1v) is 5.85. The van der Waals surface area contributed by atoms with Crippen molar-refractivity contribution in [3.8, 4) is 0 Å². The molecule has 106 valence electrons. The van der Waals surface area contributed by atoms with E-state index in [1.165, 1.54) is 0 Å². The highest BCUT2D eigenvalue weighted by Crippen LogP contribution is 2.25. The van der Waals surface area contributed by atoms with E-state index in [1.54, 1.807) is 0 Å². The van der Waals surface area contributed by atoms with E-state index in [2.05, 4.69) is 0 Å². The third kappa shape index (κ3) is 2.49. The number of likely N-dealkylation sites (tertiary alicyclic amines) is 1. The Morgan fingerprint density at radius 2 is 2.05 bits per heavy atom. The van der Waals surface area contributed by atoms with Crippen LogP contribution < -0.4 is 0 Å². The van der Waals surface area contributed by atoms with Gasteiger partial charge in [-0.2, -0.15) is 4.39 Å². The second kappa shape index (κ2) is 5.32. The van der Waals surface area contributed by atoms with Crippen LogP contribution in [0.2, 0.25) is 0 Å². The quantitative estimate of drug-likeness (QED) is 0.611. The van der Waals surface area contributed by atoms with E-state index in [0.29, 0.717) is 25.0 Å². The summed E-state index contributed by atoms with van der Waals surface area (Å²) in [6.07, 6.45) is 0.715. The predicted octanol–water partition coefficient (Wildman–Crippen LogP) is 1.68. The van der Waals surface area contributed by atoms with Crippen LogP contribution in [-0.2, 0) is 4.79 Å². The maximum absolute atomic E-state index is 13.9. The molecule has 0 unspecified atom stereocenters. The number of nitro groups is 1. The third-order valence-corrected chi connectivity index (χ3v) is 3.02. The lowest BCUT2D eigenvalue weighted by molar-refractivity contribution is -0.387. The fourth-order valence-corrected chi connectivity index (χ4v) is 2.05. The summed E-state index contributed by atoms with van der Waals surface area (Å²) in [5.74, 6) is -3.96. The van der Waals surface area contributed by atoms with Gasteiger partial charge in [0.1, 0.15) is 11.4 Å². The van der Waals surface area contributed by atoms with Gasteiger partial charge in [0.05, 0.1) is 11.5 Å². The smallest absolute Gasteiger partial charge is 0.305 e. The van der Waals surface area contributed by atoms with Crippen LogP contribution in [0.25, 0.3) is 0 Å². The van der Waals surface area contributed by atoms with E-state index >= 15 is 0 Å². The van der Waals surface area contributed by atoms with E-state index in [-0.39, 0.29) is 18.9 Å². The molecule has 1 aliphatic rings. The molecule has 1 fully saturated rings. The summed E-state index contributed by atoms with van der Waals surface area (Å²) in [5, 5.41) is 10.6. The summed E-state index contributed by atoms with van der Waals surface area (Å²) in [6.45, 7) is -0.0491. The first-order chi connectivity index (χ1) is 9.41. The molecule has 0 aliphatic carbocycles. The van der Waals surface area contributed by atoms with Crippen LogP contribution >= 0.6 is 0 Å². The predicted molar refractivity (Wildman–Crippen MR) is 63.2 cm³/mol. The number of nitro benzene ring substituents is 1.